The van der Waals surface area contributed by atoms with Crippen LogP contribution in [0.15, 0.2) is 17.1 Å². The Morgan fingerprint density at radius 3 is 2.64 bits per heavy atom. The lowest BCUT2D eigenvalue weighted by Gasteiger charge is -2.25. The third-order valence-electron chi connectivity index (χ3n) is 4.56. The van der Waals surface area contributed by atoms with Crippen LogP contribution in [-0.2, 0) is 9.53 Å². The molecular weight excluding hydrogens is 278 g/mol. The van der Waals surface area contributed by atoms with Crippen molar-refractivity contribution in [2.24, 2.45) is 28.5 Å². The summed E-state index contributed by atoms with van der Waals surface area (Å²) in [6.07, 6.45) is 11.2. The van der Waals surface area contributed by atoms with Crippen LogP contribution >= 0.6 is 0 Å². The van der Waals surface area contributed by atoms with E-state index in [1.54, 1.807) is 0 Å². The van der Waals surface area contributed by atoms with Crippen LogP contribution in [0.1, 0.15) is 53.3 Å². The third-order valence-corrected chi connectivity index (χ3v) is 4.56. The maximum absolute atomic E-state index is 12.1. The molecule has 0 spiro atoms. The molecule has 0 bridgehead atoms. The molecule has 0 radical (unpaired) electrons. The van der Waals surface area contributed by atoms with E-state index in [1.807, 2.05) is 6.92 Å². The molecule has 0 aromatic heterocycles. The molecule has 0 aromatic rings. The van der Waals surface area contributed by atoms with Gasteiger partial charge in [0.1, 0.15) is 5.84 Å². The fraction of sp³-hybridized carbons (Fsp3) is 0.706. The van der Waals surface area contributed by atoms with Crippen LogP contribution in [0.4, 0.5) is 0 Å². The second kappa shape index (κ2) is 8.11. The van der Waals surface area contributed by atoms with E-state index >= 15 is 0 Å². The van der Waals surface area contributed by atoms with Gasteiger partial charge in [0.05, 0.1) is 6.61 Å². The van der Waals surface area contributed by atoms with Gasteiger partial charge in [-0.3, -0.25) is 10.2 Å². The van der Waals surface area contributed by atoms with Crippen molar-refractivity contribution in [3.63, 3.8) is 0 Å². The van der Waals surface area contributed by atoms with Crippen LogP contribution in [0.3, 0.4) is 0 Å². The number of nitrogens with zero attached hydrogens (tertiary/aromatic N) is 1. The average molecular weight is 307 g/mol. The van der Waals surface area contributed by atoms with Gasteiger partial charge in [-0.15, -0.1) is 0 Å². The Bertz CT molecular complexity index is 466. The molecule has 3 N–H and O–H groups in total. The highest BCUT2D eigenvalue weighted by atomic mass is 16.5. The van der Waals surface area contributed by atoms with Crippen LogP contribution in [-0.4, -0.2) is 24.2 Å². The molecule has 5 heteroatoms. The first-order valence-corrected chi connectivity index (χ1v) is 8.33. The Morgan fingerprint density at radius 1 is 1.32 bits per heavy atom. The third kappa shape index (κ3) is 5.62. The van der Waals surface area contributed by atoms with Crippen molar-refractivity contribution in [1.82, 2.24) is 0 Å². The molecule has 1 atom stereocenters. The van der Waals surface area contributed by atoms with Crippen molar-refractivity contribution < 1.29 is 11.0 Å². The van der Waals surface area contributed by atoms with Crippen molar-refractivity contribution in [3.05, 3.63) is 12.2 Å². The van der Waals surface area contributed by atoms with Crippen molar-refractivity contribution in [2.45, 2.75) is 51.9 Å². The molecule has 2 aliphatic carbocycles. The zero-order valence-electron chi connectivity index (χ0n) is 13.4. The topological polar surface area (TPSA) is 88.5 Å². The Hall–Kier alpha value is -1.65. The van der Waals surface area contributed by atoms with Gasteiger partial charge in [0.15, 0.2) is 0 Å². The van der Waals surface area contributed by atoms with E-state index in [9.17, 15) is 4.79 Å². The summed E-state index contributed by atoms with van der Waals surface area (Å²) < 4.78 is 5.26. The van der Waals surface area contributed by atoms with Gasteiger partial charge in [-0.2, -0.15) is 4.99 Å². The van der Waals surface area contributed by atoms with Crippen LogP contribution in [0.5, 0.6) is 0 Å². The molecule has 0 saturated heterocycles. The number of amidine groups is 1. The van der Waals surface area contributed by atoms with E-state index < -0.39 is 0 Å². The van der Waals surface area contributed by atoms with E-state index in [0.29, 0.717) is 18.4 Å². The summed E-state index contributed by atoms with van der Waals surface area (Å²) in [6.45, 7) is 2.54. The van der Waals surface area contributed by atoms with E-state index in [0.717, 1.165) is 12.8 Å². The summed E-state index contributed by atoms with van der Waals surface area (Å²) in [5, 5.41) is 7.63. The van der Waals surface area contributed by atoms with Gasteiger partial charge in [0, 0.05) is 13.4 Å². The Balaban J connectivity index is 0.00000264. The number of hydrogen-bond donors (Lipinski definition) is 2. The van der Waals surface area contributed by atoms with Crippen molar-refractivity contribution in [3.8, 4) is 0 Å². The Morgan fingerprint density at radius 2 is 2.00 bits per heavy atom. The zero-order chi connectivity index (χ0) is 15.9. The van der Waals surface area contributed by atoms with Crippen LogP contribution in [0.25, 0.3) is 0 Å². The monoisotopic (exact) mass is 307 g/mol. The lowest BCUT2D eigenvalue weighted by Crippen LogP contribution is -2.24. The first-order valence-electron chi connectivity index (χ1n) is 8.33. The molecule has 2 aliphatic rings. The summed E-state index contributed by atoms with van der Waals surface area (Å²) in [6, 6.07) is 0. The zero-order valence-corrected chi connectivity index (χ0v) is 13.4. The minimum Gasteiger partial charge on any atom is -0.478 e. The smallest absolute Gasteiger partial charge is 0.250 e. The molecule has 22 heavy (non-hydrogen) atoms. The SMILES string of the molecule is CC(C(=O)N=C(N)/C=C\C(=N)OCC1CC1)C1CCCCC1.[HH]. The Kier molecular flexibility index (Phi) is 6.16. The number of carbonyl (C=O) groups is 1. The van der Waals surface area contributed by atoms with Crippen molar-refractivity contribution in [2.75, 3.05) is 6.61 Å². The lowest BCUT2D eigenvalue weighted by atomic mass is 9.80. The van der Waals surface area contributed by atoms with Crippen LogP contribution in [0.2, 0.25) is 0 Å². The Labute approximate surface area is 134 Å². The first-order chi connectivity index (χ1) is 10.6. The number of nitrogens with two attached hydrogens (primary N) is 1. The summed E-state index contributed by atoms with van der Waals surface area (Å²) in [4.78, 5) is 16.1. The number of rotatable bonds is 6. The number of hydrogen-bond acceptors (Lipinski definition) is 3. The van der Waals surface area contributed by atoms with E-state index in [1.165, 1.54) is 44.3 Å². The molecule has 0 heterocycles. The average Bonchev–Trinajstić information content (AvgIpc) is 3.35. The van der Waals surface area contributed by atoms with Gasteiger partial charge < -0.3 is 10.5 Å². The predicted molar refractivity (Wildman–Crippen MR) is 90.0 cm³/mol. The maximum atomic E-state index is 12.1. The molecule has 2 rings (SSSR count). The van der Waals surface area contributed by atoms with Crippen LogP contribution < -0.4 is 5.73 Å². The lowest BCUT2D eigenvalue weighted by molar-refractivity contribution is -0.122. The highest BCUT2D eigenvalue weighted by Crippen LogP contribution is 2.30. The standard InChI is InChI=1S/C17H27N3O2.H2/c1-12(14-5-3-2-4-6-14)17(21)20-15(18)9-10-16(19)22-11-13-7-8-13;/h9-10,12-14,19H,2-8,11H2,1H3,(H2,18,20,21);1H/b10-9-,19-16?;. The highest BCUT2D eigenvalue weighted by molar-refractivity contribution is 6.03. The van der Waals surface area contributed by atoms with Crippen molar-refractivity contribution >= 4 is 17.6 Å². The second-order valence-electron chi connectivity index (χ2n) is 6.51. The molecule has 124 valence electrons. The molecule has 1 amide bonds. The van der Waals surface area contributed by atoms with Crippen molar-refractivity contribution in [1.29, 1.82) is 5.41 Å². The van der Waals surface area contributed by atoms with E-state index in [-0.39, 0.29) is 25.0 Å². The van der Waals surface area contributed by atoms with Gasteiger partial charge in [-0.05, 0) is 43.6 Å². The largest absolute Gasteiger partial charge is 0.478 e. The summed E-state index contributed by atoms with van der Waals surface area (Å²) in [7, 11) is 0. The normalized spacial score (nSPS) is 21.8. The summed E-state index contributed by atoms with van der Waals surface area (Å²) in [5.74, 6) is 1.03. The molecule has 0 aromatic carbocycles. The predicted octanol–water partition coefficient (Wildman–Crippen LogP) is 3.29. The first kappa shape index (κ1) is 16.7. The summed E-state index contributed by atoms with van der Waals surface area (Å²) >= 11 is 0. The van der Waals surface area contributed by atoms with Gasteiger partial charge in [0.25, 0.3) is 5.91 Å². The van der Waals surface area contributed by atoms with Gasteiger partial charge in [-0.1, -0.05) is 26.2 Å². The molecule has 1 unspecified atom stereocenters. The number of ether oxygens (including phenoxy) is 1. The molecule has 5 nitrogen and oxygen atoms in total. The molecule has 0 aliphatic heterocycles. The highest BCUT2D eigenvalue weighted by Gasteiger charge is 2.25. The molecular formula is C17H29N3O2. The number of amides is 1. The van der Waals surface area contributed by atoms with Gasteiger partial charge in [-0.25, -0.2) is 0 Å². The van der Waals surface area contributed by atoms with E-state index in [4.69, 9.17) is 15.9 Å². The molecule has 2 saturated carbocycles. The van der Waals surface area contributed by atoms with Gasteiger partial charge >= 0.3 is 0 Å². The number of carbonyl (C=O) groups excluding carboxylic acids is 1. The van der Waals surface area contributed by atoms with Gasteiger partial charge in [0.2, 0.25) is 5.90 Å². The maximum Gasteiger partial charge on any atom is 0.250 e. The minimum absolute atomic E-state index is 0. The molecule has 2 fully saturated rings. The summed E-state index contributed by atoms with van der Waals surface area (Å²) in [5.41, 5.74) is 5.75. The fourth-order valence-electron chi connectivity index (χ4n) is 2.80. The quantitative estimate of drug-likeness (QED) is 0.583. The minimum atomic E-state index is -0.153. The number of aliphatic imine (C=N–C) groups is 1. The van der Waals surface area contributed by atoms with E-state index in [2.05, 4.69) is 4.99 Å². The second-order valence-corrected chi connectivity index (χ2v) is 6.51. The number of nitrogens with one attached hydrogen (secondary N) is 1. The van der Waals surface area contributed by atoms with Crippen LogP contribution in [0, 0.1) is 23.2 Å². The fourth-order valence-corrected chi connectivity index (χ4v) is 2.80.